The summed E-state index contributed by atoms with van der Waals surface area (Å²) in [6, 6.07) is 26.3. The van der Waals surface area contributed by atoms with Crippen molar-refractivity contribution in [3.63, 3.8) is 0 Å². The number of carbonyl (C=O) groups is 1. The van der Waals surface area contributed by atoms with Crippen molar-refractivity contribution in [2.75, 3.05) is 17.6 Å². The van der Waals surface area contributed by atoms with Crippen LogP contribution in [0.4, 0.5) is 5.69 Å². The third kappa shape index (κ3) is 4.49. The van der Waals surface area contributed by atoms with Crippen LogP contribution < -0.4 is 10.6 Å². The van der Waals surface area contributed by atoms with Crippen LogP contribution >= 0.6 is 11.8 Å². The average molecular weight is 483 g/mol. The largest absolute Gasteiger partial charge is 0.378 e. The highest BCUT2D eigenvalue weighted by Crippen LogP contribution is 2.63. The van der Waals surface area contributed by atoms with Gasteiger partial charge in [-0.25, -0.2) is 0 Å². The molecule has 2 N–H and O–H groups in total. The number of thioether (sulfide) groups is 1. The van der Waals surface area contributed by atoms with Crippen LogP contribution in [0.2, 0.25) is 0 Å². The number of anilines is 1. The van der Waals surface area contributed by atoms with Gasteiger partial charge in [0.15, 0.2) is 0 Å². The summed E-state index contributed by atoms with van der Waals surface area (Å²) in [5.74, 6) is 4.68. The van der Waals surface area contributed by atoms with Crippen molar-refractivity contribution in [3.8, 4) is 0 Å². The molecule has 5 atom stereocenters. The Kier molecular flexibility index (Phi) is 6.32. The standard InChI is InChI=1S/C31H34N2OS/c1-20-7-9-21(10-8-20)19-35-16-15-32-31(34)25-13-14-27-26(18-25)28-23-11-12-24(17-23)29(28)30(33-27)22-5-3-2-4-6-22/h2-10,13-14,18,23-24,28-30,33H,11-12,15-17,19H2,1H3,(H,32,34)/t23-,24-,28-,29+,30+/m0/s1. The smallest absolute Gasteiger partial charge is 0.251 e. The zero-order valence-corrected chi connectivity index (χ0v) is 21.2. The van der Waals surface area contributed by atoms with Crippen molar-refractivity contribution >= 4 is 23.4 Å². The van der Waals surface area contributed by atoms with Crippen LogP contribution in [0.1, 0.15) is 63.8 Å². The molecule has 0 radical (unpaired) electrons. The van der Waals surface area contributed by atoms with E-state index < -0.39 is 0 Å². The van der Waals surface area contributed by atoms with Crippen molar-refractivity contribution in [1.82, 2.24) is 5.32 Å². The first-order valence-corrected chi connectivity index (χ1v) is 14.2. The quantitative estimate of drug-likeness (QED) is 0.358. The highest BCUT2D eigenvalue weighted by molar-refractivity contribution is 7.98. The summed E-state index contributed by atoms with van der Waals surface area (Å²) in [6.45, 7) is 2.81. The van der Waals surface area contributed by atoms with Gasteiger partial charge in [0, 0.05) is 29.3 Å². The monoisotopic (exact) mass is 482 g/mol. The van der Waals surface area contributed by atoms with E-state index in [1.165, 1.54) is 47.2 Å². The van der Waals surface area contributed by atoms with Crippen molar-refractivity contribution in [3.05, 3.63) is 101 Å². The lowest BCUT2D eigenvalue weighted by atomic mass is 9.68. The maximum Gasteiger partial charge on any atom is 0.251 e. The van der Waals surface area contributed by atoms with Gasteiger partial charge in [0.1, 0.15) is 0 Å². The Hall–Kier alpha value is -2.72. The first-order chi connectivity index (χ1) is 17.2. The number of fused-ring (bicyclic) bond motifs is 7. The van der Waals surface area contributed by atoms with Gasteiger partial charge >= 0.3 is 0 Å². The molecule has 6 rings (SSSR count). The number of amides is 1. The molecule has 0 aromatic heterocycles. The number of hydrogen-bond donors (Lipinski definition) is 2. The van der Waals surface area contributed by atoms with Crippen LogP contribution in [-0.4, -0.2) is 18.2 Å². The zero-order chi connectivity index (χ0) is 23.8. The van der Waals surface area contributed by atoms with E-state index in [0.29, 0.717) is 24.4 Å². The molecule has 1 aliphatic heterocycles. The molecule has 4 heteroatoms. The minimum Gasteiger partial charge on any atom is -0.378 e. The molecule has 1 amide bonds. The van der Waals surface area contributed by atoms with E-state index in [1.54, 1.807) is 0 Å². The van der Waals surface area contributed by atoms with Gasteiger partial charge in [0.05, 0.1) is 6.04 Å². The predicted molar refractivity (Wildman–Crippen MR) is 146 cm³/mol. The molecule has 2 aliphatic carbocycles. The highest BCUT2D eigenvalue weighted by atomic mass is 32.2. The molecule has 180 valence electrons. The first kappa shape index (κ1) is 22.7. The molecule has 0 unspecified atom stereocenters. The van der Waals surface area contributed by atoms with Crippen LogP contribution in [0.15, 0.2) is 72.8 Å². The summed E-state index contributed by atoms with van der Waals surface area (Å²) in [6.07, 6.45) is 4.03. The van der Waals surface area contributed by atoms with Gasteiger partial charge in [-0.3, -0.25) is 4.79 Å². The molecule has 2 bridgehead atoms. The Bertz CT molecular complexity index is 1190. The second kappa shape index (κ2) is 9.73. The highest BCUT2D eigenvalue weighted by Gasteiger charge is 2.53. The van der Waals surface area contributed by atoms with E-state index in [1.807, 2.05) is 17.8 Å². The third-order valence-corrected chi connectivity index (χ3v) is 9.46. The normalized spacial score (nSPS) is 26.0. The fraction of sp³-hybridized carbons (Fsp3) is 0.387. The molecule has 35 heavy (non-hydrogen) atoms. The lowest BCUT2D eigenvalue weighted by Gasteiger charge is -2.43. The second-order valence-electron chi connectivity index (χ2n) is 10.6. The molecule has 3 nitrogen and oxygen atoms in total. The van der Waals surface area contributed by atoms with Crippen molar-refractivity contribution in [1.29, 1.82) is 0 Å². The Morgan fingerprint density at radius 1 is 1.00 bits per heavy atom. The Labute approximate surface area is 213 Å². The summed E-state index contributed by atoms with van der Waals surface area (Å²) in [4.78, 5) is 13.0. The Morgan fingerprint density at radius 3 is 2.63 bits per heavy atom. The topological polar surface area (TPSA) is 41.1 Å². The maximum absolute atomic E-state index is 13.0. The van der Waals surface area contributed by atoms with Crippen molar-refractivity contribution in [2.24, 2.45) is 17.8 Å². The molecular formula is C31H34N2OS. The summed E-state index contributed by atoms with van der Waals surface area (Å²) in [7, 11) is 0. The van der Waals surface area contributed by atoms with Gasteiger partial charge in [-0.05, 0) is 84.7 Å². The molecule has 3 aromatic carbocycles. The number of benzene rings is 3. The summed E-state index contributed by atoms with van der Waals surface area (Å²) < 4.78 is 0. The van der Waals surface area contributed by atoms with Gasteiger partial charge < -0.3 is 10.6 Å². The van der Waals surface area contributed by atoms with Gasteiger partial charge in [0.25, 0.3) is 5.91 Å². The van der Waals surface area contributed by atoms with E-state index in [9.17, 15) is 4.79 Å². The molecular weight excluding hydrogens is 448 g/mol. The fourth-order valence-electron chi connectivity index (χ4n) is 6.83. The molecule has 0 spiro atoms. The minimum absolute atomic E-state index is 0.0497. The summed E-state index contributed by atoms with van der Waals surface area (Å²) in [5.41, 5.74) is 7.41. The zero-order valence-electron chi connectivity index (χ0n) is 20.4. The van der Waals surface area contributed by atoms with Gasteiger partial charge in [-0.15, -0.1) is 0 Å². The molecule has 3 aliphatic rings. The number of hydrogen-bond acceptors (Lipinski definition) is 3. The molecule has 2 fully saturated rings. The van der Waals surface area contributed by atoms with Crippen LogP contribution in [0.5, 0.6) is 0 Å². The third-order valence-electron chi connectivity index (χ3n) is 8.43. The van der Waals surface area contributed by atoms with Crippen molar-refractivity contribution < 1.29 is 4.79 Å². The number of carbonyl (C=O) groups excluding carboxylic acids is 1. The van der Waals surface area contributed by atoms with E-state index in [4.69, 9.17) is 0 Å². The molecule has 0 saturated heterocycles. The van der Waals surface area contributed by atoms with Gasteiger partial charge in [0.2, 0.25) is 0 Å². The predicted octanol–water partition coefficient (Wildman–Crippen LogP) is 6.95. The Morgan fingerprint density at radius 2 is 1.80 bits per heavy atom. The van der Waals surface area contributed by atoms with E-state index in [2.05, 4.69) is 84.3 Å². The molecule has 1 heterocycles. The lowest BCUT2D eigenvalue weighted by Crippen LogP contribution is -2.35. The lowest BCUT2D eigenvalue weighted by molar-refractivity contribution is 0.0956. The van der Waals surface area contributed by atoms with E-state index >= 15 is 0 Å². The Balaban J connectivity index is 1.13. The molecule has 3 aromatic rings. The maximum atomic E-state index is 13.0. The van der Waals surface area contributed by atoms with E-state index in [0.717, 1.165) is 28.9 Å². The number of rotatable bonds is 7. The van der Waals surface area contributed by atoms with Gasteiger partial charge in [-0.1, -0.05) is 60.2 Å². The molecule has 2 saturated carbocycles. The van der Waals surface area contributed by atoms with E-state index in [-0.39, 0.29) is 5.91 Å². The summed E-state index contributed by atoms with van der Waals surface area (Å²) in [5, 5.41) is 7.03. The SMILES string of the molecule is Cc1ccc(CSCCNC(=O)c2ccc3c(c2)[C@@H]2[C@H]4CC[C@@H](C4)[C@H]2[C@@H](c2ccccc2)N3)cc1. The second-order valence-corrected chi connectivity index (χ2v) is 11.7. The number of nitrogens with one attached hydrogen (secondary N) is 2. The van der Waals surface area contributed by atoms with Crippen LogP contribution in [0.25, 0.3) is 0 Å². The van der Waals surface area contributed by atoms with Gasteiger partial charge in [-0.2, -0.15) is 11.8 Å². The first-order valence-electron chi connectivity index (χ1n) is 13.0. The van der Waals surface area contributed by atoms with Crippen LogP contribution in [-0.2, 0) is 5.75 Å². The average Bonchev–Trinajstić information content (AvgIpc) is 3.52. The fourth-order valence-corrected chi connectivity index (χ4v) is 7.65. The van der Waals surface area contributed by atoms with Crippen LogP contribution in [0.3, 0.4) is 0 Å². The van der Waals surface area contributed by atoms with Crippen LogP contribution in [0, 0.1) is 24.7 Å². The van der Waals surface area contributed by atoms with Crippen molar-refractivity contribution in [2.45, 2.75) is 43.9 Å². The minimum atomic E-state index is 0.0497. The summed E-state index contributed by atoms with van der Waals surface area (Å²) >= 11 is 1.87. The number of aryl methyl sites for hydroxylation is 1.